The van der Waals surface area contributed by atoms with E-state index in [-0.39, 0.29) is 24.4 Å². The standard InChI is InChI=1S/C14H17NO3/c1-14(2)16-12-10-8-11(13(12)17-14)18-15(10)9-6-4-3-5-7-9/h3-7,10-13H,8H2,1-2H3/t10-,11+,12-,13+/m0/s1. The number of benzene rings is 1. The number of anilines is 1. The fourth-order valence-electron chi connectivity index (χ4n) is 3.29. The van der Waals surface area contributed by atoms with Gasteiger partial charge < -0.3 is 9.47 Å². The van der Waals surface area contributed by atoms with Crippen LogP contribution in [0.15, 0.2) is 30.3 Å². The van der Waals surface area contributed by atoms with Gasteiger partial charge in [0.05, 0.1) is 11.7 Å². The van der Waals surface area contributed by atoms with E-state index in [0.717, 1.165) is 12.1 Å². The van der Waals surface area contributed by atoms with Crippen molar-refractivity contribution < 1.29 is 14.3 Å². The van der Waals surface area contributed by atoms with Gasteiger partial charge in [0.25, 0.3) is 0 Å². The zero-order valence-corrected chi connectivity index (χ0v) is 10.6. The van der Waals surface area contributed by atoms with E-state index in [1.54, 1.807) is 0 Å². The van der Waals surface area contributed by atoms with Crippen LogP contribution in [0.3, 0.4) is 0 Å². The summed E-state index contributed by atoms with van der Waals surface area (Å²) >= 11 is 0. The van der Waals surface area contributed by atoms with Crippen LogP contribution in [0.2, 0.25) is 0 Å². The van der Waals surface area contributed by atoms with Crippen LogP contribution in [0.25, 0.3) is 0 Å². The summed E-state index contributed by atoms with van der Waals surface area (Å²) in [4.78, 5) is 5.98. The van der Waals surface area contributed by atoms with Crippen molar-refractivity contribution in [1.29, 1.82) is 0 Å². The summed E-state index contributed by atoms with van der Waals surface area (Å²) < 4.78 is 11.9. The topological polar surface area (TPSA) is 30.9 Å². The van der Waals surface area contributed by atoms with E-state index in [0.29, 0.717) is 0 Å². The highest BCUT2D eigenvalue weighted by Crippen LogP contribution is 2.47. The highest BCUT2D eigenvalue weighted by atomic mass is 16.8. The third-order valence-electron chi connectivity index (χ3n) is 3.94. The summed E-state index contributed by atoms with van der Waals surface area (Å²) in [5.41, 5.74) is 1.09. The summed E-state index contributed by atoms with van der Waals surface area (Å²) in [6.07, 6.45) is 1.33. The summed E-state index contributed by atoms with van der Waals surface area (Å²) in [7, 11) is 0. The zero-order valence-electron chi connectivity index (χ0n) is 10.6. The Morgan fingerprint density at radius 2 is 1.83 bits per heavy atom. The minimum absolute atomic E-state index is 0.0879. The van der Waals surface area contributed by atoms with E-state index < -0.39 is 5.79 Å². The van der Waals surface area contributed by atoms with Gasteiger partial charge in [0, 0.05) is 6.42 Å². The number of hydrogen-bond acceptors (Lipinski definition) is 4. The zero-order chi connectivity index (χ0) is 12.3. The predicted molar refractivity (Wildman–Crippen MR) is 66.0 cm³/mol. The van der Waals surface area contributed by atoms with Crippen molar-refractivity contribution >= 4 is 5.69 Å². The van der Waals surface area contributed by atoms with Crippen molar-refractivity contribution in [2.24, 2.45) is 0 Å². The molecule has 1 aromatic carbocycles. The molecule has 96 valence electrons. The van der Waals surface area contributed by atoms with E-state index in [9.17, 15) is 0 Å². The van der Waals surface area contributed by atoms with E-state index in [1.165, 1.54) is 0 Å². The largest absolute Gasteiger partial charge is 0.342 e. The van der Waals surface area contributed by atoms with Crippen LogP contribution in [0, 0.1) is 0 Å². The monoisotopic (exact) mass is 247 g/mol. The summed E-state index contributed by atoms with van der Waals surface area (Å²) in [6, 6.07) is 10.5. The number of fused-ring (bicyclic) bond motifs is 5. The average Bonchev–Trinajstić information content (AvgIpc) is 2.98. The van der Waals surface area contributed by atoms with Crippen molar-refractivity contribution in [2.45, 2.75) is 50.4 Å². The van der Waals surface area contributed by atoms with Gasteiger partial charge in [-0.15, -0.1) is 0 Å². The molecule has 4 atom stereocenters. The second kappa shape index (κ2) is 3.47. The molecule has 4 rings (SSSR count). The van der Waals surface area contributed by atoms with Crippen molar-refractivity contribution in [2.75, 3.05) is 5.06 Å². The van der Waals surface area contributed by atoms with Gasteiger partial charge in [-0.25, -0.2) is 5.06 Å². The van der Waals surface area contributed by atoms with Crippen molar-refractivity contribution in [3.05, 3.63) is 30.3 Å². The molecule has 1 saturated carbocycles. The van der Waals surface area contributed by atoms with E-state index in [4.69, 9.17) is 14.3 Å². The molecule has 0 N–H and O–H groups in total. The van der Waals surface area contributed by atoms with Crippen molar-refractivity contribution in [3.8, 4) is 0 Å². The lowest BCUT2D eigenvalue weighted by Crippen LogP contribution is -2.47. The summed E-state index contributed by atoms with van der Waals surface area (Å²) in [5, 5.41) is 2.00. The number of para-hydroxylation sites is 1. The number of hydroxylamine groups is 1. The maximum absolute atomic E-state index is 6.01. The van der Waals surface area contributed by atoms with Gasteiger partial charge in [0.15, 0.2) is 5.79 Å². The molecular formula is C14H17NO3. The predicted octanol–water partition coefficient (Wildman–Crippen LogP) is 2.10. The second-order valence-corrected chi connectivity index (χ2v) is 5.67. The summed E-state index contributed by atoms with van der Waals surface area (Å²) in [6.45, 7) is 3.94. The molecule has 3 aliphatic rings. The Balaban J connectivity index is 1.62. The maximum atomic E-state index is 6.01. The lowest BCUT2D eigenvalue weighted by atomic mass is 10.1. The first-order valence-corrected chi connectivity index (χ1v) is 6.51. The van der Waals surface area contributed by atoms with Gasteiger partial charge in [-0.05, 0) is 26.0 Å². The van der Waals surface area contributed by atoms with Crippen molar-refractivity contribution in [1.82, 2.24) is 0 Å². The fraction of sp³-hybridized carbons (Fsp3) is 0.571. The molecule has 1 aliphatic carbocycles. The molecule has 2 aliphatic heterocycles. The number of hydrogen-bond donors (Lipinski definition) is 0. The molecule has 3 fully saturated rings. The third-order valence-corrected chi connectivity index (χ3v) is 3.94. The van der Waals surface area contributed by atoms with Gasteiger partial charge in [-0.3, -0.25) is 4.84 Å². The van der Waals surface area contributed by atoms with Crippen LogP contribution >= 0.6 is 0 Å². The van der Waals surface area contributed by atoms with E-state index >= 15 is 0 Å². The molecular weight excluding hydrogens is 230 g/mol. The maximum Gasteiger partial charge on any atom is 0.164 e. The Labute approximate surface area is 106 Å². The first kappa shape index (κ1) is 10.8. The van der Waals surface area contributed by atoms with Gasteiger partial charge in [0.1, 0.15) is 18.3 Å². The van der Waals surface area contributed by atoms with Crippen LogP contribution in [0.5, 0.6) is 0 Å². The molecule has 2 saturated heterocycles. The number of rotatable bonds is 1. The quantitative estimate of drug-likeness (QED) is 0.760. The Hall–Kier alpha value is -1.10. The van der Waals surface area contributed by atoms with E-state index in [1.807, 2.05) is 37.1 Å². The third kappa shape index (κ3) is 1.43. The van der Waals surface area contributed by atoms with Crippen LogP contribution < -0.4 is 5.06 Å². The SMILES string of the molecule is CC1(C)O[C@@H]2[C@H](O1)[C@H]1C[C@@H]2N(c2ccccc2)O1. The Bertz CT molecular complexity index is 461. The molecule has 18 heavy (non-hydrogen) atoms. The highest BCUT2D eigenvalue weighted by Gasteiger charge is 2.61. The molecule has 2 heterocycles. The molecule has 0 radical (unpaired) electrons. The van der Waals surface area contributed by atoms with E-state index in [2.05, 4.69) is 12.1 Å². The van der Waals surface area contributed by atoms with Gasteiger partial charge >= 0.3 is 0 Å². The molecule has 2 bridgehead atoms. The molecule has 0 spiro atoms. The molecule has 0 unspecified atom stereocenters. The van der Waals surface area contributed by atoms with Gasteiger partial charge in [0.2, 0.25) is 0 Å². The highest BCUT2D eigenvalue weighted by molar-refractivity contribution is 5.46. The normalized spacial score (nSPS) is 40.2. The molecule has 0 amide bonds. The van der Waals surface area contributed by atoms with Crippen LogP contribution in [-0.2, 0) is 14.3 Å². The summed E-state index contributed by atoms with van der Waals surface area (Å²) in [5.74, 6) is -0.484. The molecule has 4 nitrogen and oxygen atoms in total. The lowest BCUT2D eigenvalue weighted by Gasteiger charge is -2.33. The Morgan fingerprint density at radius 3 is 2.61 bits per heavy atom. The minimum Gasteiger partial charge on any atom is -0.342 e. The number of nitrogens with zero attached hydrogens (tertiary/aromatic N) is 1. The van der Waals surface area contributed by atoms with Crippen LogP contribution in [0.1, 0.15) is 20.3 Å². The minimum atomic E-state index is -0.484. The van der Waals surface area contributed by atoms with Gasteiger partial charge in [-0.2, -0.15) is 0 Å². The first-order valence-electron chi connectivity index (χ1n) is 6.51. The Kier molecular flexibility index (Phi) is 2.08. The van der Waals surface area contributed by atoms with Crippen LogP contribution in [-0.4, -0.2) is 30.1 Å². The fourth-order valence-corrected chi connectivity index (χ4v) is 3.29. The first-order chi connectivity index (χ1) is 8.64. The Morgan fingerprint density at radius 1 is 1.11 bits per heavy atom. The van der Waals surface area contributed by atoms with Gasteiger partial charge in [-0.1, -0.05) is 18.2 Å². The van der Waals surface area contributed by atoms with Crippen molar-refractivity contribution in [3.63, 3.8) is 0 Å². The number of ether oxygens (including phenoxy) is 2. The lowest BCUT2D eigenvalue weighted by molar-refractivity contribution is -0.156. The molecule has 4 heteroatoms. The second-order valence-electron chi connectivity index (χ2n) is 5.67. The molecule has 1 aromatic rings. The molecule has 0 aromatic heterocycles. The average molecular weight is 247 g/mol. The smallest absolute Gasteiger partial charge is 0.164 e. The van der Waals surface area contributed by atoms with Crippen LogP contribution in [0.4, 0.5) is 5.69 Å².